The summed E-state index contributed by atoms with van der Waals surface area (Å²) in [5.41, 5.74) is 0.935. The summed E-state index contributed by atoms with van der Waals surface area (Å²) in [6.07, 6.45) is -4.85. The van der Waals surface area contributed by atoms with E-state index in [1.54, 1.807) is 22.6 Å². The van der Waals surface area contributed by atoms with Crippen molar-refractivity contribution in [2.24, 2.45) is 0 Å². The van der Waals surface area contributed by atoms with E-state index in [-0.39, 0.29) is 12.3 Å². The normalized spacial score (nSPS) is 11.1. The molecular weight excluding hydrogens is 371 g/mol. The fraction of sp³-hybridized carbons (Fsp3) is 0.333. The zero-order chi connectivity index (χ0) is 13.1. The molecule has 0 saturated heterocycles. The minimum absolute atomic E-state index is 0.0468. The van der Waals surface area contributed by atoms with Crippen LogP contribution in [-0.4, -0.2) is 11.3 Å². The average Bonchev–Trinajstić information content (AvgIpc) is 2.15. The lowest BCUT2D eigenvalue weighted by Gasteiger charge is -2.11. The first-order chi connectivity index (χ1) is 7.87. The molecule has 0 saturated carbocycles. The zero-order valence-corrected chi connectivity index (χ0v) is 11.1. The van der Waals surface area contributed by atoms with Crippen LogP contribution in [0.15, 0.2) is 6.07 Å². The highest BCUT2D eigenvalue weighted by Crippen LogP contribution is 2.26. The molecule has 1 heterocycles. The van der Waals surface area contributed by atoms with Crippen LogP contribution in [0.3, 0.4) is 0 Å². The Morgan fingerprint density at radius 1 is 1.53 bits per heavy atom. The molecule has 17 heavy (non-hydrogen) atoms. The van der Waals surface area contributed by atoms with E-state index in [0.717, 1.165) is 6.07 Å². The smallest absolute Gasteiger partial charge is 0.388 e. The van der Waals surface area contributed by atoms with Gasteiger partial charge in [0.05, 0.1) is 18.4 Å². The summed E-state index contributed by atoms with van der Waals surface area (Å²) in [6, 6.07) is 2.93. The Bertz CT molecular complexity index is 459. The predicted molar refractivity (Wildman–Crippen MR) is 62.5 cm³/mol. The second kappa shape index (κ2) is 5.73. The summed E-state index contributed by atoms with van der Waals surface area (Å²) >= 11 is 7.39. The van der Waals surface area contributed by atoms with Gasteiger partial charge in [-0.1, -0.05) is 0 Å². The minimum atomic E-state index is -4.80. The SMILES string of the molecule is N#CCc1cc(OC(F)(F)F)nc(I)c1CCl. The van der Waals surface area contributed by atoms with Crippen molar-refractivity contribution < 1.29 is 17.9 Å². The van der Waals surface area contributed by atoms with Crippen LogP contribution in [0.5, 0.6) is 5.88 Å². The van der Waals surface area contributed by atoms with E-state index in [1.165, 1.54) is 0 Å². The number of halogens is 5. The minimum Gasteiger partial charge on any atom is -0.388 e. The van der Waals surface area contributed by atoms with Crippen molar-refractivity contribution in [1.29, 1.82) is 5.26 Å². The maximum absolute atomic E-state index is 12.0. The third-order valence-corrected chi connectivity index (χ3v) is 2.93. The van der Waals surface area contributed by atoms with Gasteiger partial charge in [-0.05, 0) is 28.2 Å². The third-order valence-electron chi connectivity index (χ3n) is 1.77. The Kier molecular flexibility index (Phi) is 4.82. The zero-order valence-electron chi connectivity index (χ0n) is 8.18. The molecular formula is C9H5ClF3IN2O. The molecule has 3 nitrogen and oxygen atoms in total. The Morgan fingerprint density at radius 3 is 2.65 bits per heavy atom. The van der Waals surface area contributed by atoms with E-state index >= 15 is 0 Å². The van der Waals surface area contributed by atoms with E-state index < -0.39 is 12.2 Å². The van der Waals surface area contributed by atoms with Gasteiger partial charge >= 0.3 is 6.36 Å². The molecule has 0 amide bonds. The third kappa shape index (κ3) is 4.20. The molecule has 0 atom stereocenters. The largest absolute Gasteiger partial charge is 0.574 e. The quantitative estimate of drug-likeness (QED) is 0.461. The van der Waals surface area contributed by atoms with Crippen LogP contribution in [0, 0.1) is 15.0 Å². The van der Waals surface area contributed by atoms with Gasteiger partial charge < -0.3 is 4.74 Å². The number of alkyl halides is 4. The fourth-order valence-electron chi connectivity index (χ4n) is 1.12. The molecule has 1 aromatic rings. The highest BCUT2D eigenvalue weighted by molar-refractivity contribution is 14.1. The summed E-state index contributed by atoms with van der Waals surface area (Å²) in [4.78, 5) is 3.62. The molecule has 92 valence electrons. The fourth-order valence-corrected chi connectivity index (χ4v) is 2.42. The molecule has 1 aromatic heterocycles. The number of rotatable bonds is 3. The molecule has 0 aromatic carbocycles. The first kappa shape index (κ1) is 14.3. The van der Waals surface area contributed by atoms with Gasteiger partial charge in [-0.25, -0.2) is 4.98 Å². The molecule has 1 rings (SSSR count). The second-order valence-electron chi connectivity index (χ2n) is 2.91. The molecule has 0 spiro atoms. The summed E-state index contributed by atoms with van der Waals surface area (Å²) in [5, 5.41) is 8.58. The number of hydrogen-bond donors (Lipinski definition) is 0. The van der Waals surface area contributed by atoms with Crippen LogP contribution >= 0.6 is 34.2 Å². The molecule has 0 bridgehead atoms. The van der Waals surface area contributed by atoms with E-state index in [4.69, 9.17) is 16.9 Å². The summed E-state index contributed by atoms with van der Waals surface area (Å²) in [6.45, 7) is 0. The standard InChI is InChI=1S/C9H5ClF3IN2O/c10-4-6-5(1-2-15)3-7(16-8(6)14)17-9(11,12)13/h3H,1,4H2. The number of aromatic nitrogens is 1. The number of hydrogen-bond acceptors (Lipinski definition) is 3. The topological polar surface area (TPSA) is 45.9 Å². The van der Waals surface area contributed by atoms with Crippen molar-refractivity contribution >= 4 is 34.2 Å². The monoisotopic (exact) mass is 376 g/mol. The number of pyridine rings is 1. The van der Waals surface area contributed by atoms with Gasteiger partial charge in [-0.15, -0.1) is 24.8 Å². The molecule has 0 N–H and O–H groups in total. The highest BCUT2D eigenvalue weighted by Gasteiger charge is 2.32. The van der Waals surface area contributed by atoms with Gasteiger partial charge in [0.1, 0.15) is 3.70 Å². The van der Waals surface area contributed by atoms with E-state index in [0.29, 0.717) is 14.8 Å². The van der Waals surface area contributed by atoms with Gasteiger partial charge in [0.15, 0.2) is 0 Å². The summed E-state index contributed by atoms with van der Waals surface area (Å²) in [5.74, 6) is -0.504. The lowest BCUT2D eigenvalue weighted by atomic mass is 10.1. The lowest BCUT2D eigenvalue weighted by Crippen LogP contribution is -2.18. The van der Waals surface area contributed by atoms with E-state index in [1.807, 2.05) is 6.07 Å². The van der Waals surface area contributed by atoms with Crippen LogP contribution in [0.2, 0.25) is 0 Å². The first-order valence-corrected chi connectivity index (χ1v) is 5.85. The maximum Gasteiger partial charge on any atom is 0.574 e. The second-order valence-corrected chi connectivity index (χ2v) is 4.19. The Hall–Kier alpha value is -0.750. The Labute approximate surface area is 114 Å². The number of nitrogens with zero attached hydrogens (tertiary/aromatic N) is 2. The summed E-state index contributed by atoms with van der Waals surface area (Å²) in [7, 11) is 0. The van der Waals surface area contributed by atoms with Crippen molar-refractivity contribution in [2.75, 3.05) is 0 Å². The van der Waals surface area contributed by atoms with Crippen molar-refractivity contribution in [3.63, 3.8) is 0 Å². The molecule has 0 aliphatic heterocycles. The molecule has 0 fully saturated rings. The van der Waals surface area contributed by atoms with Crippen molar-refractivity contribution in [3.05, 3.63) is 20.9 Å². The molecule has 0 radical (unpaired) electrons. The van der Waals surface area contributed by atoms with Gasteiger partial charge in [-0.2, -0.15) is 5.26 Å². The number of nitriles is 1. The van der Waals surface area contributed by atoms with Crippen LogP contribution in [0.1, 0.15) is 11.1 Å². The lowest BCUT2D eigenvalue weighted by molar-refractivity contribution is -0.276. The highest BCUT2D eigenvalue weighted by atomic mass is 127. The van der Waals surface area contributed by atoms with Gasteiger partial charge in [0.25, 0.3) is 0 Å². The van der Waals surface area contributed by atoms with Crippen molar-refractivity contribution in [2.45, 2.75) is 18.7 Å². The van der Waals surface area contributed by atoms with E-state index in [9.17, 15) is 13.2 Å². The van der Waals surface area contributed by atoms with Gasteiger partial charge in [-0.3, -0.25) is 0 Å². The molecule has 8 heteroatoms. The van der Waals surface area contributed by atoms with Crippen molar-refractivity contribution in [3.8, 4) is 11.9 Å². The average molecular weight is 377 g/mol. The Balaban J connectivity index is 3.15. The van der Waals surface area contributed by atoms with Gasteiger partial charge in [0, 0.05) is 11.6 Å². The van der Waals surface area contributed by atoms with Crippen LogP contribution < -0.4 is 4.74 Å². The summed E-state index contributed by atoms with van der Waals surface area (Å²) < 4.78 is 40.0. The van der Waals surface area contributed by atoms with Crippen LogP contribution in [0.4, 0.5) is 13.2 Å². The first-order valence-electron chi connectivity index (χ1n) is 4.24. The van der Waals surface area contributed by atoms with Crippen LogP contribution in [-0.2, 0) is 12.3 Å². The predicted octanol–water partition coefficient (Wildman–Crippen LogP) is 3.39. The van der Waals surface area contributed by atoms with Gasteiger partial charge in [0.2, 0.25) is 5.88 Å². The van der Waals surface area contributed by atoms with Crippen LogP contribution in [0.25, 0.3) is 0 Å². The Morgan fingerprint density at radius 2 is 2.18 bits per heavy atom. The maximum atomic E-state index is 12.0. The van der Waals surface area contributed by atoms with Crippen molar-refractivity contribution in [1.82, 2.24) is 4.98 Å². The van der Waals surface area contributed by atoms with E-state index in [2.05, 4.69) is 9.72 Å². The number of ether oxygens (including phenoxy) is 1. The molecule has 0 aliphatic carbocycles. The molecule has 0 aliphatic rings. The molecule has 0 unspecified atom stereocenters.